The average Bonchev–Trinajstić information content (AvgIpc) is 2.92. The molecule has 4 aliphatic carbocycles. The molecule has 4 aliphatic rings. The van der Waals surface area contributed by atoms with E-state index < -0.39 is 18.5 Å². The third kappa shape index (κ3) is 8.64. The molecule has 37 heavy (non-hydrogen) atoms. The SMILES string of the molecule is CCCCCCCC1CCC(C2CCC(CCCC3CCC(C4CCCCC4)C(F)C3F)CC2)CC1F. The Hall–Kier alpha value is -0.210. The smallest absolute Gasteiger partial charge is 0.134 e. The monoisotopic (exact) mass is 524 g/mol. The zero-order valence-electron chi connectivity index (χ0n) is 24.2. The van der Waals surface area contributed by atoms with E-state index >= 15 is 8.78 Å². The number of halogens is 3. The van der Waals surface area contributed by atoms with Crippen molar-refractivity contribution in [2.75, 3.05) is 0 Å². The van der Waals surface area contributed by atoms with Crippen LogP contribution >= 0.6 is 0 Å². The Morgan fingerprint density at radius 2 is 1.19 bits per heavy atom. The molecule has 4 rings (SSSR count). The van der Waals surface area contributed by atoms with Crippen molar-refractivity contribution in [2.45, 2.75) is 173 Å². The van der Waals surface area contributed by atoms with Crippen molar-refractivity contribution in [3.63, 3.8) is 0 Å². The standard InChI is InChI=1S/C34H59F3/c1-2-3-4-5-7-14-28-20-21-30(24-32(28)35)26-18-16-25(17-19-26)11-10-15-29-22-23-31(34(37)33(29)36)27-12-8-6-9-13-27/h25-34H,2-24H2,1H3. The molecule has 0 nitrogen and oxygen atoms in total. The van der Waals surface area contributed by atoms with Crippen LogP contribution in [0.2, 0.25) is 0 Å². The fourth-order valence-electron chi connectivity index (χ4n) is 9.17. The Kier molecular flexibility index (Phi) is 12.5. The number of alkyl halides is 3. The van der Waals surface area contributed by atoms with Gasteiger partial charge in [0.05, 0.1) is 0 Å². The van der Waals surface area contributed by atoms with Gasteiger partial charge in [-0.2, -0.15) is 0 Å². The summed E-state index contributed by atoms with van der Waals surface area (Å²) in [5.41, 5.74) is 0. The van der Waals surface area contributed by atoms with Crippen LogP contribution in [-0.4, -0.2) is 18.5 Å². The van der Waals surface area contributed by atoms with Crippen LogP contribution in [0.5, 0.6) is 0 Å². The zero-order valence-corrected chi connectivity index (χ0v) is 24.2. The number of hydrogen-bond acceptors (Lipinski definition) is 0. The second-order valence-corrected chi connectivity index (χ2v) is 14.1. The summed E-state index contributed by atoms with van der Waals surface area (Å²) in [6, 6.07) is 0. The summed E-state index contributed by atoms with van der Waals surface area (Å²) in [5, 5.41) is 0. The largest absolute Gasteiger partial charge is 0.247 e. The molecule has 3 heteroatoms. The number of unbranched alkanes of at least 4 members (excludes halogenated alkanes) is 4. The van der Waals surface area contributed by atoms with E-state index in [0.717, 1.165) is 69.6 Å². The lowest BCUT2D eigenvalue weighted by atomic mass is 9.67. The molecule has 0 aromatic heterocycles. The topological polar surface area (TPSA) is 0 Å². The first-order valence-corrected chi connectivity index (χ1v) is 17.0. The zero-order chi connectivity index (χ0) is 26.0. The third-order valence-electron chi connectivity index (χ3n) is 11.7. The highest BCUT2D eigenvalue weighted by Gasteiger charge is 2.43. The van der Waals surface area contributed by atoms with Gasteiger partial charge in [0, 0.05) is 0 Å². The third-order valence-corrected chi connectivity index (χ3v) is 11.7. The molecular formula is C34H59F3. The second kappa shape index (κ2) is 15.5. The summed E-state index contributed by atoms with van der Waals surface area (Å²) in [6.07, 6.45) is 23.7. The van der Waals surface area contributed by atoms with Crippen molar-refractivity contribution < 1.29 is 13.2 Å². The maximum Gasteiger partial charge on any atom is 0.134 e. The summed E-state index contributed by atoms with van der Waals surface area (Å²) in [4.78, 5) is 0. The molecule has 0 aromatic rings. The molecule has 0 spiro atoms. The molecule has 0 heterocycles. The predicted octanol–water partition coefficient (Wildman–Crippen LogP) is 11.4. The van der Waals surface area contributed by atoms with Crippen LogP contribution in [0.3, 0.4) is 0 Å². The van der Waals surface area contributed by atoms with Gasteiger partial charge in [0.2, 0.25) is 0 Å². The van der Waals surface area contributed by atoms with E-state index in [4.69, 9.17) is 0 Å². The van der Waals surface area contributed by atoms with E-state index in [0.29, 0.717) is 17.8 Å². The fourth-order valence-corrected chi connectivity index (χ4v) is 9.17. The quantitative estimate of drug-likeness (QED) is 0.223. The summed E-state index contributed by atoms with van der Waals surface area (Å²) >= 11 is 0. The molecule has 0 aromatic carbocycles. The Morgan fingerprint density at radius 1 is 0.514 bits per heavy atom. The van der Waals surface area contributed by atoms with Crippen molar-refractivity contribution in [2.24, 2.45) is 41.4 Å². The number of hydrogen-bond donors (Lipinski definition) is 0. The molecule has 4 saturated carbocycles. The highest BCUT2D eigenvalue weighted by Crippen LogP contribution is 2.46. The highest BCUT2D eigenvalue weighted by molar-refractivity contribution is 4.92. The van der Waals surface area contributed by atoms with E-state index in [2.05, 4.69) is 6.92 Å². The van der Waals surface area contributed by atoms with Gasteiger partial charge in [-0.3, -0.25) is 0 Å². The van der Waals surface area contributed by atoms with Gasteiger partial charge >= 0.3 is 0 Å². The fraction of sp³-hybridized carbons (Fsp3) is 1.00. The van der Waals surface area contributed by atoms with Crippen molar-refractivity contribution >= 4 is 0 Å². The van der Waals surface area contributed by atoms with Crippen molar-refractivity contribution in [3.8, 4) is 0 Å². The molecule has 0 saturated heterocycles. The molecule has 0 N–H and O–H groups in total. The Balaban J connectivity index is 1.08. The molecule has 0 amide bonds. The van der Waals surface area contributed by atoms with Crippen LogP contribution in [0.4, 0.5) is 13.2 Å². The van der Waals surface area contributed by atoms with Crippen LogP contribution in [0.15, 0.2) is 0 Å². The van der Waals surface area contributed by atoms with Crippen molar-refractivity contribution in [1.82, 2.24) is 0 Å². The molecule has 0 aliphatic heterocycles. The van der Waals surface area contributed by atoms with E-state index in [-0.39, 0.29) is 11.8 Å². The average molecular weight is 525 g/mol. The van der Waals surface area contributed by atoms with Crippen molar-refractivity contribution in [1.29, 1.82) is 0 Å². The Bertz CT molecular complexity index is 608. The summed E-state index contributed by atoms with van der Waals surface area (Å²) in [7, 11) is 0. The van der Waals surface area contributed by atoms with Gasteiger partial charge in [0.15, 0.2) is 0 Å². The maximum absolute atomic E-state index is 15.0. The Labute approximate surface area is 227 Å². The highest BCUT2D eigenvalue weighted by atomic mass is 19.2. The minimum atomic E-state index is -1.23. The molecule has 216 valence electrons. The van der Waals surface area contributed by atoms with Gasteiger partial charge in [-0.1, -0.05) is 96.8 Å². The van der Waals surface area contributed by atoms with E-state index in [1.54, 1.807) is 0 Å². The summed E-state index contributed by atoms with van der Waals surface area (Å²) in [5.74, 6) is 2.82. The number of rotatable bonds is 12. The lowest BCUT2D eigenvalue weighted by Gasteiger charge is -2.41. The normalized spacial score (nSPS) is 40.1. The van der Waals surface area contributed by atoms with Crippen LogP contribution < -0.4 is 0 Å². The first kappa shape index (κ1) is 29.8. The lowest BCUT2D eigenvalue weighted by molar-refractivity contribution is -0.0118. The van der Waals surface area contributed by atoms with E-state index in [1.165, 1.54) is 89.9 Å². The predicted molar refractivity (Wildman–Crippen MR) is 151 cm³/mol. The van der Waals surface area contributed by atoms with Crippen LogP contribution in [0.1, 0.15) is 155 Å². The molecule has 4 fully saturated rings. The maximum atomic E-state index is 15.0. The minimum Gasteiger partial charge on any atom is -0.247 e. The molecule has 0 bridgehead atoms. The molecule has 0 radical (unpaired) electrons. The van der Waals surface area contributed by atoms with Crippen LogP contribution in [0, 0.1) is 41.4 Å². The van der Waals surface area contributed by atoms with Crippen LogP contribution in [0.25, 0.3) is 0 Å². The van der Waals surface area contributed by atoms with Crippen LogP contribution in [-0.2, 0) is 0 Å². The second-order valence-electron chi connectivity index (χ2n) is 14.1. The minimum absolute atomic E-state index is 0.00777. The Morgan fingerprint density at radius 3 is 1.92 bits per heavy atom. The lowest BCUT2D eigenvalue weighted by Crippen LogP contribution is -2.41. The first-order chi connectivity index (χ1) is 18.1. The van der Waals surface area contributed by atoms with E-state index in [9.17, 15) is 4.39 Å². The van der Waals surface area contributed by atoms with Gasteiger partial charge in [0.25, 0.3) is 0 Å². The first-order valence-electron chi connectivity index (χ1n) is 17.0. The molecular weight excluding hydrogens is 465 g/mol. The summed E-state index contributed by atoms with van der Waals surface area (Å²) in [6.45, 7) is 2.25. The van der Waals surface area contributed by atoms with Gasteiger partial charge in [-0.05, 0) is 99.2 Å². The summed E-state index contributed by atoms with van der Waals surface area (Å²) < 4.78 is 45.1. The van der Waals surface area contributed by atoms with Gasteiger partial charge in [-0.25, -0.2) is 13.2 Å². The molecule has 7 atom stereocenters. The van der Waals surface area contributed by atoms with Gasteiger partial charge in [0.1, 0.15) is 18.5 Å². The van der Waals surface area contributed by atoms with E-state index in [1.807, 2.05) is 0 Å². The van der Waals surface area contributed by atoms with Gasteiger partial charge in [-0.15, -0.1) is 0 Å². The molecule has 7 unspecified atom stereocenters. The van der Waals surface area contributed by atoms with Gasteiger partial charge < -0.3 is 0 Å². The van der Waals surface area contributed by atoms with Crippen molar-refractivity contribution in [3.05, 3.63) is 0 Å².